The number of hydrogen-bond donors (Lipinski definition) is 0. The van der Waals surface area contributed by atoms with Gasteiger partial charge in [0, 0.05) is 45.8 Å². The van der Waals surface area contributed by atoms with Gasteiger partial charge in [-0.2, -0.15) is 0 Å². The molecule has 0 bridgehead atoms. The second-order valence-corrected chi connectivity index (χ2v) is 6.65. The molecule has 2 aliphatic heterocycles. The first-order valence-electron chi connectivity index (χ1n) is 9.25. The average Bonchev–Trinajstić information content (AvgIpc) is 2.69. The van der Waals surface area contributed by atoms with Gasteiger partial charge in [0.15, 0.2) is 0 Å². The molecule has 0 aliphatic carbocycles. The molecule has 0 spiro atoms. The van der Waals surface area contributed by atoms with Gasteiger partial charge >= 0.3 is 0 Å². The summed E-state index contributed by atoms with van der Waals surface area (Å²) in [6.07, 6.45) is 0. The van der Waals surface area contributed by atoms with Crippen molar-refractivity contribution in [2.45, 2.75) is 13.0 Å². The van der Waals surface area contributed by atoms with E-state index < -0.39 is 0 Å². The maximum atomic E-state index is 12.6. The van der Waals surface area contributed by atoms with Crippen molar-refractivity contribution in [2.24, 2.45) is 0 Å². The zero-order valence-electron chi connectivity index (χ0n) is 15.1. The van der Waals surface area contributed by atoms with Crippen LogP contribution in [0.1, 0.15) is 6.92 Å². The van der Waals surface area contributed by atoms with Gasteiger partial charge in [-0.1, -0.05) is 18.2 Å². The molecule has 0 N–H and O–H groups in total. The molecule has 25 heavy (non-hydrogen) atoms. The van der Waals surface area contributed by atoms with Crippen molar-refractivity contribution in [3.8, 4) is 5.75 Å². The Balaban J connectivity index is 1.37. The van der Waals surface area contributed by atoms with Crippen LogP contribution in [-0.4, -0.2) is 92.3 Å². The first kappa shape index (κ1) is 18.2. The topological polar surface area (TPSA) is 45.2 Å². The highest BCUT2D eigenvalue weighted by atomic mass is 16.5. The molecule has 0 saturated carbocycles. The predicted molar refractivity (Wildman–Crippen MR) is 96.8 cm³/mol. The molecule has 138 valence electrons. The highest BCUT2D eigenvalue weighted by Gasteiger charge is 2.29. The van der Waals surface area contributed by atoms with E-state index in [0.29, 0.717) is 19.8 Å². The number of carbonyl (C=O) groups is 1. The van der Waals surface area contributed by atoms with Crippen LogP contribution in [0.15, 0.2) is 30.3 Å². The molecule has 2 heterocycles. The summed E-state index contributed by atoms with van der Waals surface area (Å²) in [5, 5.41) is 0. The molecule has 1 unspecified atom stereocenters. The van der Waals surface area contributed by atoms with Crippen LogP contribution in [-0.2, 0) is 9.53 Å². The van der Waals surface area contributed by atoms with Gasteiger partial charge in [-0.15, -0.1) is 0 Å². The van der Waals surface area contributed by atoms with Crippen LogP contribution in [0.5, 0.6) is 5.75 Å². The zero-order valence-corrected chi connectivity index (χ0v) is 15.1. The van der Waals surface area contributed by atoms with E-state index in [1.54, 1.807) is 0 Å². The minimum atomic E-state index is -0.0409. The molecule has 1 amide bonds. The Labute approximate surface area is 150 Å². The van der Waals surface area contributed by atoms with Gasteiger partial charge in [0.1, 0.15) is 12.4 Å². The van der Waals surface area contributed by atoms with Crippen LogP contribution >= 0.6 is 0 Å². The number of hydrogen-bond acceptors (Lipinski definition) is 5. The molecule has 1 aromatic rings. The fourth-order valence-corrected chi connectivity index (χ4v) is 3.39. The molecule has 6 nitrogen and oxygen atoms in total. The standard InChI is InChI=1S/C19H29N3O3/c1-17(19(23)22-12-14-24-15-13-22)21-9-7-20(8-10-21)11-16-25-18-5-3-2-4-6-18/h2-6,17H,7-16H2,1H3. The van der Waals surface area contributed by atoms with Crippen molar-refractivity contribution >= 4 is 5.91 Å². The summed E-state index contributed by atoms with van der Waals surface area (Å²) in [6, 6.07) is 9.89. The van der Waals surface area contributed by atoms with E-state index in [-0.39, 0.29) is 11.9 Å². The normalized spacial score (nSPS) is 21.1. The van der Waals surface area contributed by atoms with Crippen molar-refractivity contribution in [3.63, 3.8) is 0 Å². The first-order valence-corrected chi connectivity index (χ1v) is 9.25. The second kappa shape index (κ2) is 9.17. The summed E-state index contributed by atoms with van der Waals surface area (Å²) in [5.41, 5.74) is 0. The van der Waals surface area contributed by atoms with Gasteiger partial charge < -0.3 is 14.4 Å². The largest absolute Gasteiger partial charge is 0.492 e. The molecule has 2 fully saturated rings. The minimum Gasteiger partial charge on any atom is -0.492 e. The summed E-state index contributed by atoms with van der Waals surface area (Å²) >= 11 is 0. The summed E-state index contributed by atoms with van der Waals surface area (Å²) < 4.78 is 11.1. The third kappa shape index (κ3) is 5.17. The van der Waals surface area contributed by atoms with E-state index in [1.165, 1.54) is 0 Å². The Morgan fingerprint density at radius 3 is 2.44 bits per heavy atom. The van der Waals surface area contributed by atoms with Gasteiger partial charge in [0.25, 0.3) is 0 Å². The highest BCUT2D eigenvalue weighted by Crippen LogP contribution is 2.11. The maximum Gasteiger partial charge on any atom is 0.239 e. The number of morpholine rings is 1. The predicted octanol–water partition coefficient (Wildman–Crippen LogP) is 0.930. The molecule has 1 aromatic carbocycles. The van der Waals surface area contributed by atoms with Gasteiger partial charge in [-0.3, -0.25) is 14.6 Å². The fraction of sp³-hybridized carbons (Fsp3) is 0.632. The van der Waals surface area contributed by atoms with Gasteiger partial charge in [0.2, 0.25) is 5.91 Å². The number of rotatable bonds is 6. The summed E-state index contributed by atoms with van der Waals surface area (Å²) in [7, 11) is 0. The third-order valence-electron chi connectivity index (χ3n) is 5.05. The van der Waals surface area contributed by atoms with E-state index in [1.807, 2.05) is 42.2 Å². The number of para-hydroxylation sites is 1. The van der Waals surface area contributed by atoms with Crippen LogP contribution in [0.3, 0.4) is 0 Å². The van der Waals surface area contributed by atoms with Gasteiger partial charge in [-0.25, -0.2) is 0 Å². The Bertz CT molecular complexity index is 526. The van der Waals surface area contributed by atoms with E-state index in [4.69, 9.17) is 9.47 Å². The summed E-state index contributed by atoms with van der Waals surface area (Å²) in [6.45, 7) is 10.3. The van der Waals surface area contributed by atoms with Gasteiger partial charge in [0.05, 0.1) is 19.3 Å². The summed E-state index contributed by atoms with van der Waals surface area (Å²) in [5.74, 6) is 1.16. The lowest BCUT2D eigenvalue weighted by Gasteiger charge is -2.39. The van der Waals surface area contributed by atoms with E-state index >= 15 is 0 Å². The lowest BCUT2D eigenvalue weighted by molar-refractivity contribution is -0.141. The van der Waals surface area contributed by atoms with E-state index in [0.717, 1.165) is 51.6 Å². The summed E-state index contributed by atoms with van der Waals surface area (Å²) in [4.78, 5) is 19.2. The molecule has 1 atom stereocenters. The molecule has 0 aromatic heterocycles. The number of carbonyl (C=O) groups excluding carboxylic acids is 1. The van der Waals surface area contributed by atoms with E-state index in [2.05, 4.69) is 9.80 Å². The molecular formula is C19H29N3O3. The maximum absolute atomic E-state index is 12.6. The minimum absolute atomic E-state index is 0.0409. The Morgan fingerprint density at radius 1 is 1.08 bits per heavy atom. The molecule has 2 saturated heterocycles. The van der Waals surface area contributed by atoms with Crippen LogP contribution < -0.4 is 4.74 Å². The Morgan fingerprint density at radius 2 is 1.76 bits per heavy atom. The second-order valence-electron chi connectivity index (χ2n) is 6.65. The monoisotopic (exact) mass is 347 g/mol. The zero-order chi connectivity index (χ0) is 17.5. The molecule has 2 aliphatic rings. The van der Waals surface area contributed by atoms with Crippen molar-refractivity contribution < 1.29 is 14.3 Å². The fourth-order valence-electron chi connectivity index (χ4n) is 3.39. The average molecular weight is 347 g/mol. The number of piperazine rings is 1. The first-order chi connectivity index (χ1) is 12.2. The van der Waals surface area contributed by atoms with Crippen LogP contribution in [0, 0.1) is 0 Å². The van der Waals surface area contributed by atoms with E-state index in [9.17, 15) is 4.79 Å². The Hall–Kier alpha value is -1.63. The molecule has 0 radical (unpaired) electrons. The van der Waals surface area contributed by atoms with Crippen molar-refractivity contribution in [1.82, 2.24) is 14.7 Å². The SMILES string of the molecule is CC(C(=O)N1CCOCC1)N1CCN(CCOc2ccccc2)CC1. The Kier molecular flexibility index (Phi) is 6.67. The molecule has 3 rings (SSSR count). The lowest BCUT2D eigenvalue weighted by atomic mass is 10.2. The number of benzene rings is 1. The van der Waals surface area contributed by atoms with Crippen molar-refractivity contribution in [3.05, 3.63) is 30.3 Å². The van der Waals surface area contributed by atoms with Crippen LogP contribution in [0.2, 0.25) is 0 Å². The molecule has 6 heteroatoms. The molecular weight excluding hydrogens is 318 g/mol. The van der Waals surface area contributed by atoms with Crippen molar-refractivity contribution in [2.75, 3.05) is 65.6 Å². The smallest absolute Gasteiger partial charge is 0.239 e. The van der Waals surface area contributed by atoms with Crippen LogP contribution in [0.25, 0.3) is 0 Å². The number of ether oxygens (including phenoxy) is 2. The number of amides is 1. The highest BCUT2D eigenvalue weighted by molar-refractivity contribution is 5.81. The quantitative estimate of drug-likeness (QED) is 0.766. The van der Waals surface area contributed by atoms with Crippen LogP contribution in [0.4, 0.5) is 0 Å². The third-order valence-corrected chi connectivity index (χ3v) is 5.05. The number of nitrogens with zero attached hydrogens (tertiary/aromatic N) is 3. The van der Waals surface area contributed by atoms with Crippen molar-refractivity contribution in [1.29, 1.82) is 0 Å². The van der Waals surface area contributed by atoms with Gasteiger partial charge in [-0.05, 0) is 19.1 Å². The lowest BCUT2D eigenvalue weighted by Crippen LogP contribution is -2.56.